The largest absolute Gasteiger partial charge is 0.353 e. The maximum atomic E-state index is 12.6. The van der Waals surface area contributed by atoms with Crippen LogP contribution in [-0.4, -0.2) is 35.2 Å². The first-order valence-electron chi connectivity index (χ1n) is 10.2. The number of nitrogens with one attached hydrogen (secondary N) is 2. The topological polar surface area (TPSA) is 61.0 Å². The van der Waals surface area contributed by atoms with Gasteiger partial charge in [0.25, 0.3) is 5.91 Å². The van der Waals surface area contributed by atoms with E-state index in [1.54, 1.807) is 0 Å². The molecule has 2 N–H and O–H groups in total. The molecular formula is C24H28N4O. The highest BCUT2D eigenvalue weighted by Crippen LogP contribution is 2.25. The van der Waals surface area contributed by atoms with Gasteiger partial charge < -0.3 is 10.2 Å². The van der Waals surface area contributed by atoms with Gasteiger partial charge in [-0.3, -0.25) is 9.89 Å². The van der Waals surface area contributed by atoms with Crippen molar-refractivity contribution < 1.29 is 4.79 Å². The molecule has 1 aliphatic heterocycles. The number of aromatic amines is 1. The van der Waals surface area contributed by atoms with Crippen LogP contribution in [0.3, 0.4) is 0 Å². The Morgan fingerprint density at radius 1 is 1.10 bits per heavy atom. The molecule has 0 radical (unpaired) electrons. The minimum absolute atomic E-state index is 0.00990. The van der Waals surface area contributed by atoms with E-state index in [0.29, 0.717) is 5.56 Å². The first-order valence-corrected chi connectivity index (χ1v) is 10.2. The lowest BCUT2D eigenvalue weighted by atomic mass is 9.86. The number of H-pyrrole nitrogens is 1. The Bertz CT molecular complexity index is 970. The van der Waals surface area contributed by atoms with Crippen LogP contribution in [0.15, 0.2) is 60.7 Å². The van der Waals surface area contributed by atoms with Gasteiger partial charge in [0.15, 0.2) is 5.82 Å². The molecular weight excluding hydrogens is 360 g/mol. The maximum Gasteiger partial charge on any atom is 0.251 e. The molecule has 0 saturated carbocycles. The van der Waals surface area contributed by atoms with Gasteiger partial charge in [-0.05, 0) is 35.1 Å². The van der Waals surface area contributed by atoms with E-state index in [1.165, 1.54) is 5.56 Å². The van der Waals surface area contributed by atoms with Crippen molar-refractivity contribution in [2.24, 2.45) is 0 Å². The molecule has 2 heterocycles. The minimum atomic E-state index is -0.00990. The zero-order chi connectivity index (χ0) is 20.4. The number of aromatic nitrogens is 2. The predicted octanol–water partition coefficient (Wildman–Crippen LogP) is 4.38. The molecule has 0 spiro atoms. The molecule has 1 fully saturated rings. The summed E-state index contributed by atoms with van der Waals surface area (Å²) in [4.78, 5) is 14.9. The Labute approximate surface area is 172 Å². The van der Waals surface area contributed by atoms with Crippen molar-refractivity contribution in [2.45, 2.75) is 38.6 Å². The summed E-state index contributed by atoms with van der Waals surface area (Å²) < 4.78 is 0. The highest BCUT2D eigenvalue weighted by atomic mass is 16.1. The van der Waals surface area contributed by atoms with E-state index in [2.05, 4.69) is 59.4 Å². The van der Waals surface area contributed by atoms with Crippen LogP contribution in [-0.2, 0) is 5.41 Å². The molecule has 1 saturated heterocycles. The molecule has 0 bridgehead atoms. The molecule has 0 aliphatic carbocycles. The number of rotatable bonds is 4. The molecule has 1 atom stereocenters. The Morgan fingerprint density at radius 2 is 1.83 bits per heavy atom. The average Bonchev–Trinajstić information content (AvgIpc) is 3.37. The van der Waals surface area contributed by atoms with Crippen LogP contribution in [0.2, 0.25) is 0 Å². The fraction of sp³-hybridized carbons (Fsp3) is 0.333. The Balaban J connectivity index is 1.37. The van der Waals surface area contributed by atoms with Gasteiger partial charge in [0.05, 0.1) is 5.69 Å². The second kappa shape index (κ2) is 7.74. The van der Waals surface area contributed by atoms with E-state index in [4.69, 9.17) is 0 Å². The van der Waals surface area contributed by atoms with E-state index in [1.807, 2.05) is 42.5 Å². The number of nitrogens with zero attached hydrogens (tertiary/aromatic N) is 2. The molecule has 1 amide bonds. The van der Waals surface area contributed by atoms with Gasteiger partial charge in [0.1, 0.15) is 0 Å². The van der Waals surface area contributed by atoms with Gasteiger partial charge in [0, 0.05) is 30.8 Å². The Kier molecular flexibility index (Phi) is 5.14. The van der Waals surface area contributed by atoms with Crippen LogP contribution in [0.1, 0.15) is 43.1 Å². The normalized spacial score (nSPS) is 16.8. The molecule has 1 aromatic heterocycles. The third-order valence-electron chi connectivity index (χ3n) is 5.51. The summed E-state index contributed by atoms with van der Waals surface area (Å²) in [5.74, 6) is 0.916. The molecule has 4 rings (SSSR count). The lowest BCUT2D eigenvalue weighted by Crippen LogP contribution is -2.37. The fourth-order valence-corrected chi connectivity index (χ4v) is 3.72. The van der Waals surface area contributed by atoms with Crippen LogP contribution < -0.4 is 10.2 Å². The molecule has 1 aliphatic rings. The van der Waals surface area contributed by atoms with Crippen molar-refractivity contribution in [3.63, 3.8) is 0 Å². The van der Waals surface area contributed by atoms with E-state index in [0.717, 1.165) is 36.6 Å². The van der Waals surface area contributed by atoms with E-state index >= 15 is 0 Å². The lowest BCUT2D eigenvalue weighted by Gasteiger charge is -2.19. The van der Waals surface area contributed by atoms with Gasteiger partial charge in [0.2, 0.25) is 0 Å². The summed E-state index contributed by atoms with van der Waals surface area (Å²) >= 11 is 0. The SMILES string of the molecule is CC(C)(C)c1ccc(C(=O)NC2CCN(c3cc(-c4ccccc4)[nH]n3)C2)cc1. The lowest BCUT2D eigenvalue weighted by molar-refractivity contribution is 0.0940. The summed E-state index contributed by atoms with van der Waals surface area (Å²) in [6.07, 6.45) is 0.916. The van der Waals surface area contributed by atoms with Crippen molar-refractivity contribution in [1.29, 1.82) is 0 Å². The minimum Gasteiger partial charge on any atom is -0.353 e. The number of hydrogen-bond acceptors (Lipinski definition) is 3. The number of benzene rings is 2. The molecule has 29 heavy (non-hydrogen) atoms. The van der Waals surface area contributed by atoms with Gasteiger partial charge in [-0.15, -0.1) is 0 Å². The molecule has 2 aromatic carbocycles. The number of amides is 1. The third kappa shape index (κ3) is 4.34. The zero-order valence-corrected chi connectivity index (χ0v) is 17.3. The quantitative estimate of drug-likeness (QED) is 0.697. The van der Waals surface area contributed by atoms with E-state index < -0.39 is 0 Å². The summed E-state index contributed by atoms with van der Waals surface area (Å²) in [6.45, 7) is 8.17. The standard InChI is InChI=1S/C24H28N4O/c1-24(2,3)19-11-9-18(10-12-19)23(29)25-20-13-14-28(16-20)22-15-21(26-27-22)17-7-5-4-6-8-17/h4-12,15,20H,13-14,16H2,1-3H3,(H,25,29)(H,26,27). The van der Waals surface area contributed by atoms with Crippen LogP contribution in [0.25, 0.3) is 11.3 Å². The van der Waals surface area contributed by atoms with E-state index in [-0.39, 0.29) is 17.4 Å². The zero-order valence-electron chi connectivity index (χ0n) is 17.3. The van der Waals surface area contributed by atoms with Crippen LogP contribution >= 0.6 is 0 Å². The second-order valence-electron chi connectivity index (χ2n) is 8.74. The van der Waals surface area contributed by atoms with Crippen LogP contribution in [0.4, 0.5) is 5.82 Å². The summed E-state index contributed by atoms with van der Waals surface area (Å²) in [5, 5.41) is 10.8. The number of anilines is 1. The van der Waals surface area contributed by atoms with E-state index in [9.17, 15) is 4.79 Å². The molecule has 3 aromatic rings. The monoisotopic (exact) mass is 388 g/mol. The maximum absolute atomic E-state index is 12.6. The Morgan fingerprint density at radius 3 is 2.52 bits per heavy atom. The number of carbonyl (C=O) groups is 1. The highest BCUT2D eigenvalue weighted by molar-refractivity contribution is 5.94. The summed E-state index contributed by atoms with van der Waals surface area (Å²) in [6, 6.07) is 20.3. The predicted molar refractivity (Wildman–Crippen MR) is 117 cm³/mol. The fourth-order valence-electron chi connectivity index (χ4n) is 3.72. The van der Waals surface area contributed by atoms with Crippen molar-refractivity contribution in [1.82, 2.24) is 15.5 Å². The smallest absolute Gasteiger partial charge is 0.251 e. The molecule has 1 unspecified atom stereocenters. The molecule has 150 valence electrons. The van der Waals surface area contributed by atoms with Crippen molar-refractivity contribution in [2.75, 3.05) is 18.0 Å². The van der Waals surface area contributed by atoms with Crippen molar-refractivity contribution >= 4 is 11.7 Å². The van der Waals surface area contributed by atoms with Gasteiger partial charge in [-0.2, -0.15) is 5.10 Å². The number of hydrogen-bond donors (Lipinski definition) is 2. The van der Waals surface area contributed by atoms with Crippen LogP contribution in [0.5, 0.6) is 0 Å². The summed E-state index contributed by atoms with van der Waals surface area (Å²) in [5.41, 5.74) is 4.15. The highest BCUT2D eigenvalue weighted by Gasteiger charge is 2.26. The summed E-state index contributed by atoms with van der Waals surface area (Å²) in [7, 11) is 0. The Hall–Kier alpha value is -3.08. The molecule has 5 heteroatoms. The number of carbonyl (C=O) groups excluding carboxylic acids is 1. The van der Waals surface area contributed by atoms with Gasteiger partial charge >= 0.3 is 0 Å². The first kappa shape index (κ1) is 19.2. The van der Waals surface area contributed by atoms with Crippen molar-refractivity contribution in [3.05, 3.63) is 71.8 Å². The van der Waals surface area contributed by atoms with Crippen LogP contribution in [0, 0.1) is 0 Å². The second-order valence-corrected chi connectivity index (χ2v) is 8.74. The van der Waals surface area contributed by atoms with Gasteiger partial charge in [-0.1, -0.05) is 63.2 Å². The van der Waals surface area contributed by atoms with Gasteiger partial charge in [-0.25, -0.2) is 0 Å². The molecule has 5 nitrogen and oxygen atoms in total. The first-order chi connectivity index (χ1) is 13.9. The van der Waals surface area contributed by atoms with Crippen molar-refractivity contribution in [3.8, 4) is 11.3 Å². The average molecular weight is 389 g/mol. The third-order valence-corrected chi connectivity index (χ3v) is 5.51.